The Hall–Kier alpha value is -0.230. The Morgan fingerprint density at radius 1 is 1.12 bits per heavy atom. The van der Waals surface area contributed by atoms with Gasteiger partial charge in [0.2, 0.25) is 0 Å². The molecule has 0 rings (SSSR count). The van der Waals surface area contributed by atoms with Crippen molar-refractivity contribution < 1.29 is 37.1 Å². The fraction of sp³-hybridized carbons (Fsp3) is 0.857. The summed E-state index contributed by atoms with van der Waals surface area (Å²) >= 11 is 0. The summed E-state index contributed by atoms with van der Waals surface area (Å²) in [4.78, 5) is 20.6. The molecular weight excluding hydrogens is 274 g/mol. The number of methoxy groups -OCH3 is 1. The summed E-state index contributed by atoms with van der Waals surface area (Å²) in [6.07, 6.45) is -0.614. The SMILES string of the molecule is COC(=O)CC(P(=O)(O)OC)P(=O)(OC)OC. The first kappa shape index (κ1) is 16.8. The van der Waals surface area contributed by atoms with E-state index in [2.05, 4.69) is 18.3 Å². The normalized spacial score (nSPS) is 17.2. The summed E-state index contributed by atoms with van der Waals surface area (Å²) in [6.45, 7) is 0. The van der Waals surface area contributed by atoms with Crippen LogP contribution in [-0.2, 0) is 32.2 Å². The molecule has 0 saturated heterocycles. The molecule has 0 aliphatic carbocycles. The van der Waals surface area contributed by atoms with E-state index < -0.39 is 33.0 Å². The smallest absolute Gasteiger partial charge is 0.345 e. The van der Waals surface area contributed by atoms with E-state index in [1.54, 1.807) is 0 Å². The van der Waals surface area contributed by atoms with Crippen molar-refractivity contribution in [1.29, 1.82) is 0 Å². The molecule has 0 spiro atoms. The molecule has 1 N–H and O–H groups in total. The lowest BCUT2D eigenvalue weighted by atomic mass is 10.5. The van der Waals surface area contributed by atoms with E-state index >= 15 is 0 Å². The molecule has 10 heteroatoms. The molecule has 102 valence electrons. The minimum Gasteiger partial charge on any atom is -0.469 e. The summed E-state index contributed by atoms with van der Waals surface area (Å²) in [7, 11) is -4.11. The maximum atomic E-state index is 12.0. The number of hydrogen-bond donors (Lipinski definition) is 1. The number of rotatable bonds is 7. The molecule has 0 radical (unpaired) electrons. The molecule has 0 heterocycles. The quantitative estimate of drug-likeness (QED) is 0.550. The summed E-state index contributed by atoms with van der Waals surface area (Å²) in [5, 5.41) is -1.62. The van der Waals surface area contributed by atoms with Crippen molar-refractivity contribution in [2.24, 2.45) is 0 Å². The van der Waals surface area contributed by atoms with Crippen LogP contribution in [0.1, 0.15) is 6.42 Å². The van der Waals surface area contributed by atoms with Gasteiger partial charge in [-0.1, -0.05) is 0 Å². The third-order valence-electron chi connectivity index (χ3n) is 2.09. The van der Waals surface area contributed by atoms with Crippen LogP contribution in [0.3, 0.4) is 0 Å². The van der Waals surface area contributed by atoms with E-state index in [0.29, 0.717) is 0 Å². The molecule has 2 atom stereocenters. The van der Waals surface area contributed by atoms with Crippen LogP contribution in [0, 0.1) is 0 Å². The zero-order valence-electron chi connectivity index (χ0n) is 9.98. The first-order valence-electron chi connectivity index (χ1n) is 4.43. The largest absolute Gasteiger partial charge is 0.469 e. The Morgan fingerprint density at radius 3 is 1.88 bits per heavy atom. The lowest BCUT2D eigenvalue weighted by molar-refractivity contribution is -0.140. The summed E-state index contributed by atoms with van der Waals surface area (Å²) in [5.41, 5.74) is 0. The molecule has 0 aliphatic rings. The predicted molar refractivity (Wildman–Crippen MR) is 58.9 cm³/mol. The van der Waals surface area contributed by atoms with E-state index in [0.717, 1.165) is 28.4 Å². The first-order chi connectivity index (χ1) is 7.77. The zero-order valence-corrected chi connectivity index (χ0v) is 11.8. The van der Waals surface area contributed by atoms with Crippen LogP contribution in [0.5, 0.6) is 0 Å². The fourth-order valence-corrected chi connectivity index (χ4v) is 4.99. The van der Waals surface area contributed by atoms with Crippen molar-refractivity contribution in [1.82, 2.24) is 0 Å². The Kier molecular flexibility index (Phi) is 6.55. The Balaban J connectivity index is 5.33. The van der Waals surface area contributed by atoms with Gasteiger partial charge in [-0.2, -0.15) is 0 Å². The lowest BCUT2D eigenvalue weighted by Crippen LogP contribution is -2.18. The third kappa shape index (κ3) is 4.17. The molecule has 0 saturated carbocycles. The topological polar surface area (TPSA) is 108 Å². The minimum atomic E-state index is -4.32. The van der Waals surface area contributed by atoms with Crippen LogP contribution >= 0.6 is 15.2 Å². The molecule has 8 nitrogen and oxygen atoms in total. The predicted octanol–water partition coefficient (Wildman–Crippen LogP) is 1.19. The van der Waals surface area contributed by atoms with Gasteiger partial charge in [0, 0.05) is 21.3 Å². The van der Waals surface area contributed by atoms with Gasteiger partial charge in [-0.3, -0.25) is 13.9 Å². The minimum absolute atomic E-state index is 0.614. The second kappa shape index (κ2) is 6.64. The highest BCUT2D eigenvalue weighted by molar-refractivity contribution is 7.72. The van der Waals surface area contributed by atoms with Gasteiger partial charge in [0.1, 0.15) is 0 Å². The molecule has 2 unspecified atom stereocenters. The van der Waals surface area contributed by atoms with Crippen LogP contribution < -0.4 is 0 Å². The number of carbonyl (C=O) groups excluding carboxylic acids is 1. The molecule has 0 aromatic heterocycles. The summed E-state index contributed by atoms with van der Waals surface area (Å²) < 4.78 is 41.6. The van der Waals surface area contributed by atoms with Gasteiger partial charge in [0.05, 0.1) is 13.5 Å². The molecular formula is C7H16O8P2. The van der Waals surface area contributed by atoms with Crippen LogP contribution in [0.4, 0.5) is 0 Å². The van der Waals surface area contributed by atoms with Gasteiger partial charge in [0.25, 0.3) is 0 Å². The van der Waals surface area contributed by atoms with Crippen molar-refractivity contribution in [3.8, 4) is 0 Å². The average molecular weight is 290 g/mol. The number of ether oxygens (including phenoxy) is 1. The van der Waals surface area contributed by atoms with Crippen LogP contribution in [-0.4, -0.2) is 44.7 Å². The maximum absolute atomic E-state index is 12.0. The van der Waals surface area contributed by atoms with E-state index in [4.69, 9.17) is 0 Å². The second-order valence-corrected chi connectivity index (χ2v) is 7.87. The summed E-state index contributed by atoms with van der Waals surface area (Å²) in [6, 6.07) is 0. The van der Waals surface area contributed by atoms with E-state index in [9.17, 15) is 18.8 Å². The van der Waals surface area contributed by atoms with Gasteiger partial charge in [-0.15, -0.1) is 0 Å². The molecule has 0 aliphatic heterocycles. The Bertz CT molecular complexity index is 346. The van der Waals surface area contributed by atoms with Gasteiger partial charge in [-0.25, -0.2) is 0 Å². The van der Waals surface area contributed by atoms with Crippen LogP contribution in [0.15, 0.2) is 0 Å². The van der Waals surface area contributed by atoms with Gasteiger partial charge >= 0.3 is 21.2 Å². The van der Waals surface area contributed by atoms with E-state index in [-0.39, 0.29) is 0 Å². The number of hydrogen-bond acceptors (Lipinski definition) is 7. The fourth-order valence-electron chi connectivity index (χ4n) is 1.08. The molecule has 0 bridgehead atoms. The van der Waals surface area contributed by atoms with Crippen molar-refractivity contribution in [2.45, 2.75) is 11.8 Å². The average Bonchev–Trinajstić information content (AvgIpc) is 2.34. The molecule has 0 fully saturated rings. The van der Waals surface area contributed by atoms with Crippen molar-refractivity contribution >= 4 is 21.2 Å². The maximum Gasteiger partial charge on any atom is 0.345 e. The van der Waals surface area contributed by atoms with Crippen molar-refractivity contribution in [3.05, 3.63) is 0 Å². The Labute approximate surface area is 99.3 Å². The highest BCUT2D eigenvalue weighted by Crippen LogP contribution is 2.68. The number of carbonyl (C=O) groups is 1. The standard InChI is InChI=1S/C7H16O8P2/c1-12-6(8)5-7(16(9,10)13-2)17(11,14-3)15-4/h7H,5H2,1-4H3,(H,9,10). The van der Waals surface area contributed by atoms with E-state index in [1.807, 2.05) is 0 Å². The van der Waals surface area contributed by atoms with Gasteiger partial charge in [0.15, 0.2) is 5.40 Å². The van der Waals surface area contributed by atoms with Crippen LogP contribution in [0.25, 0.3) is 0 Å². The highest BCUT2D eigenvalue weighted by Gasteiger charge is 2.49. The lowest BCUT2D eigenvalue weighted by Gasteiger charge is -2.25. The van der Waals surface area contributed by atoms with Gasteiger partial charge < -0.3 is 23.2 Å². The third-order valence-corrected chi connectivity index (χ3v) is 7.20. The molecule has 0 amide bonds. The molecule has 17 heavy (non-hydrogen) atoms. The van der Waals surface area contributed by atoms with Crippen LogP contribution in [0.2, 0.25) is 0 Å². The molecule has 0 aromatic rings. The first-order valence-corrected chi connectivity index (χ1v) is 7.69. The summed E-state index contributed by atoms with van der Waals surface area (Å²) in [5.74, 6) is -0.823. The monoisotopic (exact) mass is 290 g/mol. The second-order valence-electron chi connectivity index (χ2n) is 2.91. The Morgan fingerprint density at radius 2 is 1.59 bits per heavy atom. The van der Waals surface area contributed by atoms with Crippen molar-refractivity contribution in [3.63, 3.8) is 0 Å². The number of esters is 1. The zero-order chi connectivity index (χ0) is 13.7. The van der Waals surface area contributed by atoms with E-state index in [1.165, 1.54) is 0 Å². The molecule has 0 aromatic carbocycles. The van der Waals surface area contributed by atoms with Crippen molar-refractivity contribution in [2.75, 3.05) is 28.4 Å². The highest BCUT2D eigenvalue weighted by atomic mass is 31.2. The van der Waals surface area contributed by atoms with Gasteiger partial charge in [-0.05, 0) is 0 Å².